The number of carbonyl (C=O) groups is 2. The molecule has 0 bridgehead atoms. The third-order valence-electron chi connectivity index (χ3n) is 7.76. The number of esters is 2. The molecule has 10 nitrogen and oxygen atoms in total. The Morgan fingerprint density at radius 2 is 0.956 bits per heavy atom. The van der Waals surface area contributed by atoms with Gasteiger partial charge in [0.05, 0.1) is 19.8 Å². The van der Waals surface area contributed by atoms with Crippen LogP contribution in [-0.4, -0.2) is 65.7 Å². The summed E-state index contributed by atoms with van der Waals surface area (Å²) in [7, 11) is -4.60. The monoisotopic (exact) mass is 666 g/mol. The molecule has 0 spiro atoms. The van der Waals surface area contributed by atoms with E-state index in [1.165, 1.54) is 89.9 Å². The third kappa shape index (κ3) is 31.3. The van der Waals surface area contributed by atoms with Crippen LogP contribution in [0, 0.1) is 0 Å². The fraction of sp³-hybridized carbons (Fsp3) is 0.941. The molecule has 0 amide bonds. The molecule has 0 aromatic heterocycles. The number of phosphoric ester groups is 1. The Hall–Kier alpha value is -1.03. The zero-order valence-corrected chi connectivity index (χ0v) is 29.5. The van der Waals surface area contributed by atoms with Gasteiger partial charge in [-0.05, 0) is 12.8 Å². The van der Waals surface area contributed by atoms with E-state index in [1.807, 2.05) is 0 Å². The molecule has 0 aliphatic heterocycles. The van der Waals surface area contributed by atoms with Gasteiger partial charge >= 0.3 is 19.8 Å². The van der Waals surface area contributed by atoms with Crippen LogP contribution in [0.5, 0.6) is 0 Å². The summed E-state index contributed by atoms with van der Waals surface area (Å²) < 4.78 is 32.5. The minimum atomic E-state index is -4.60. The fourth-order valence-corrected chi connectivity index (χ4v) is 5.72. The number of unbranched alkanes of at least 4 members (excludes halogenated alkanes) is 20. The lowest BCUT2D eigenvalue weighted by atomic mass is 10.0. The molecule has 0 heterocycles. The highest BCUT2D eigenvalue weighted by atomic mass is 31.2. The van der Waals surface area contributed by atoms with Crippen LogP contribution in [0.25, 0.3) is 0 Å². The lowest BCUT2D eigenvalue weighted by molar-refractivity contribution is -0.161. The van der Waals surface area contributed by atoms with Gasteiger partial charge in [-0.1, -0.05) is 142 Å². The molecule has 1 unspecified atom stereocenters. The highest BCUT2D eigenvalue weighted by Gasteiger charge is 2.27. The van der Waals surface area contributed by atoms with E-state index in [1.54, 1.807) is 0 Å². The summed E-state index contributed by atoms with van der Waals surface area (Å²) in [6.07, 6.45) is 23.7. The second-order valence-corrected chi connectivity index (χ2v) is 13.7. The van der Waals surface area contributed by atoms with E-state index in [4.69, 9.17) is 19.1 Å². The first-order valence-electron chi connectivity index (χ1n) is 18.0. The average Bonchev–Trinajstić information content (AvgIpc) is 3.02. The van der Waals surface area contributed by atoms with E-state index in [2.05, 4.69) is 18.4 Å². The topological polar surface area (TPSA) is 149 Å². The van der Waals surface area contributed by atoms with Crippen LogP contribution in [0.4, 0.5) is 0 Å². The molecule has 3 N–H and O–H groups in total. The zero-order valence-electron chi connectivity index (χ0n) is 28.6. The Balaban J connectivity index is 4.37. The van der Waals surface area contributed by atoms with E-state index < -0.39 is 51.8 Å². The predicted molar refractivity (Wildman–Crippen MR) is 178 cm³/mol. The van der Waals surface area contributed by atoms with Crippen LogP contribution >= 0.6 is 7.82 Å². The van der Waals surface area contributed by atoms with Crippen molar-refractivity contribution >= 4 is 19.8 Å². The van der Waals surface area contributed by atoms with Crippen molar-refractivity contribution in [3.8, 4) is 0 Å². The van der Waals surface area contributed by atoms with Gasteiger partial charge in [0.25, 0.3) is 0 Å². The van der Waals surface area contributed by atoms with Crippen molar-refractivity contribution in [2.24, 2.45) is 0 Å². The molecular formula is C34H67O10P. The lowest BCUT2D eigenvalue weighted by Crippen LogP contribution is -2.29. The summed E-state index contributed by atoms with van der Waals surface area (Å²) in [6.45, 7) is 2.35. The maximum absolute atomic E-state index is 12.5. The number of phosphoric acid groups is 1. The summed E-state index contributed by atoms with van der Waals surface area (Å²) in [4.78, 5) is 34.6. The number of hydrogen-bond donors (Lipinski definition) is 3. The van der Waals surface area contributed by atoms with Gasteiger partial charge in [0.2, 0.25) is 0 Å². The van der Waals surface area contributed by atoms with Crippen molar-refractivity contribution in [3.05, 3.63) is 0 Å². The molecule has 0 fully saturated rings. The van der Waals surface area contributed by atoms with E-state index in [-0.39, 0.29) is 19.4 Å². The Kier molecular flexibility index (Phi) is 30.8. The number of aliphatic hydroxyl groups is 2. The van der Waals surface area contributed by atoms with Gasteiger partial charge in [-0.2, -0.15) is 0 Å². The second kappa shape index (κ2) is 31.6. The van der Waals surface area contributed by atoms with Crippen LogP contribution in [0.15, 0.2) is 0 Å². The molecule has 0 aromatic carbocycles. The highest BCUT2D eigenvalue weighted by molar-refractivity contribution is 7.47. The lowest BCUT2D eigenvalue weighted by Gasteiger charge is -2.20. The summed E-state index contributed by atoms with van der Waals surface area (Å²) in [5.74, 6) is -0.920. The average molecular weight is 667 g/mol. The van der Waals surface area contributed by atoms with Crippen molar-refractivity contribution in [1.82, 2.24) is 0 Å². The van der Waals surface area contributed by atoms with E-state index in [0.29, 0.717) is 12.8 Å². The Bertz CT molecular complexity index is 736. The molecule has 0 aliphatic rings. The summed E-state index contributed by atoms with van der Waals surface area (Å²) in [5.41, 5.74) is 0. The normalized spacial score (nSPS) is 14.2. The predicted octanol–water partition coefficient (Wildman–Crippen LogP) is 8.33. The summed E-state index contributed by atoms with van der Waals surface area (Å²) in [5, 5.41) is 18.2. The minimum absolute atomic E-state index is 0.191. The number of hydrogen-bond acceptors (Lipinski definition) is 9. The van der Waals surface area contributed by atoms with Crippen molar-refractivity contribution in [2.75, 3.05) is 26.4 Å². The van der Waals surface area contributed by atoms with E-state index in [0.717, 1.165) is 38.5 Å². The van der Waals surface area contributed by atoms with E-state index >= 15 is 0 Å². The van der Waals surface area contributed by atoms with Crippen LogP contribution in [0.2, 0.25) is 0 Å². The van der Waals surface area contributed by atoms with E-state index in [9.17, 15) is 24.2 Å². The SMILES string of the molecule is CCCCCCCCCCCCCCCC(=O)O[C@H](COC(=O)CCCCCCCCCCC)COP(=O)(O)OC[C@@H](O)CO. The smallest absolute Gasteiger partial charge is 0.462 e. The number of ether oxygens (including phenoxy) is 2. The van der Waals surface area contributed by atoms with Gasteiger partial charge in [0, 0.05) is 12.8 Å². The molecule has 0 saturated heterocycles. The largest absolute Gasteiger partial charge is 0.472 e. The van der Waals surface area contributed by atoms with Gasteiger partial charge in [-0.15, -0.1) is 0 Å². The van der Waals surface area contributed by atoms with Gasteiger partial charge in [-0.3, -0.25) is 18.6 Å². The van der Waals surface area contributed by atoms with Crippen molar-refractivity contribution in [3.63, 3.8) is 0 Å². The first-order chi connectivity index (χ1) is 21.7. The van der Waals surface area contributed by atoms with Crippen molar-refractivity contribution in [2.45, 2.75) is 180 Å². The highest BCUT2D eigenvalue weighted by Crippen LogP contribution is 2.43. The summed E-state index contributed by atoms with van der Waals surface area (Å²) in [6, 6.07) is 0. The number of carbonyl (C=O) groups excluding carboxylic acids is 2. The molecule has 11 heteroatoms. The standard InChI is InChI=1S/C34H67O10P/c1-3-5-7-9-11-13-14-15-16-18-20-22-24-26-34(38)44-32(30-43-45(39,40)42-28-31(36)27-35)29-41-33(37)25-23-21-19-17-12-10-8-6-4-2/h31-32,35-36H,3-30H2,1-2H3,(H,39,40)/t31-,32+/m0/s1. The third-order valence-corrected chi connectivity index (χ3v) is 8.71. The number of aliphatic hydroxyl groups excluding tert-OH is 2. The molecule has 268 valence electrons. The Morgan fingerprint density at radius 1 is 0.578 bits per heavy atom. The maximum atomic E-state index is 12.5. The molecule has 0 rings (SSSR count). The Morgan fingerprint density at radius 3 is 1.38 bits per heavy atom. The molecule has 3 atom stereocenters. The first kappa shape index (κ1) is 44.0. The first-order valence-corrected chi connectivity index (χ1v) is 19.5. The molecule has 45 heavy (non-hydrogen) atoms. The van der Waals surface area contributed by atoms with Crippen LogP contribution in [-0.2, 0) is 32.7 Å². The molecule has 0 radical (unpaired) electrons. The van der Waals surface area contributed by atoms with Crippen molar-refractivity contribution in [1.29, 1.82) is 0 Å². The number of rotatable bonds is 34. The minimum Gasteiger partial charge on any atom is -0.462 e. The van der Waals surface area contributed by atoms with Gasteiger partial charge < -0.3 is 24.6 Å². The van der Waals surface area contributed by atoms with Crippen molar-refractivity contribution < 1.29 is 47.8 Å². The fourth-order valence-electron chi connectivity index (χ4n) is 4.93. The Labute approximate surface area is 273 Å². The molecule has 0 aromatic rings. The second-order valence-electron chi connectivity index (χ2n) is 12.3. The van der Waals surface area contributed by atoms with Crippen LogP contribution < -0.4 is 0 Å². The molecular weight excluding hydrogens is 599 g/mol. The van der Waals surface area contributed by atoms with Gasteiger partial charge in [0.1, 0.15) is 12.7 Å². The zero-order chi connectivity index (χ0) is 33.4. The van der Waals surface area contributed by atoms with Crippen LogP contribution in [0.3, 0.4) is 0 Å². The molecule has 0 saturated carbocycles. The van der Waals surface area contributed by atoms with Gasteiger partial charge in [-0.25, -0.2) is 4.57 Å². The van der Waals surface area contributed by atoms with Crippen LogP contribution in [0.1, 0.15) is 168 Å². The quantitative estimate of drug-likeness (QED) is 0.0348. The summed E-state index contributed by atoms with van der Waals surface area (Å²) >= 11 is 0. The van der Waals surface area contributed by atoms with Gasteiger partial charge in [0.15, 0.2) is 6.10 Å². The molecule has 0 aliphatic carbocycles. The maximum Gasteiger partial charge on any atom is 0.472 e.